The van der Waals surface area contributed by atoms with Gasteiger partial charge in [0.1, 0.15) is 0 Å². The zero-order chi connectivity index (χ0) is 17.2. The Hall–Kier alpha value is -0.700. The van der Waals surface area contributed by atoms with Crippen LogP contribution in [0.4, 0.5) is 0 Å². The Morgan fingerprint density at radius 2 is 1.75 bits per heavy atom. The average molecular weight is 371 g/mol. The van der Waals surface area contributed by atoms with Crippen LogP contribution in [0.2, 0.25) is 0 Å². The second-order valence-electron chi connectivity index (χ2n) is 6.53. The second-order valence-corrected chi connectivity index (χ2v) is 9.75. The Kier molecular flexibility index (Phi) is 5.79. The van der Waals surface area contributed by atoms with Gasteiger partial charge in [-0.05, 0) is 13.0 Å². The quantitative estimate of drug-likeness (QED) is 0.552. The zero-order valence-corrected chi connectivity index (χ0v) is 16.0. The molecule has 2 fully saturated rings. The van der Waals surface area contributed by atoms with Crippen LogP contribution in [0.3, 0.4) is 0 Å². The van der Waals surface area contributed by atoms with E-state index in [-0.39, 0.29) is 17.8 Å². The molecular weight excluding hydrogens is 344 g/mol. The molecule has 3 rings (SSSR count). The van der Waals surface area contributed by atoms with Crippen molar-refractivity contribution in [2.24, 2.45) is 0 Å². The molecule has 0 aliphatic carbocycles. The van der Waals surface area contributed by atoms with Crippen LogP contribution in [0.1, 0.15) is 25.8 Å². The van der Waals surface area contributed by atoms with Gasteiger partial charge in [-0.1, -0.05) is 25.6 Å². The van der Waals surface area contributed by atoms with Crippen molar-refractivity contribution in [2.45, 2.75) is 44.1 Å². The highest BCUT2D eigenvalue weighted by molar-refractivity contribution is 7.99. The standard InChI is InChI=1S/C16H26N4O2S2/c1-3-7-23-16-17-8-13(9-18-16)10-20-6-5-19(4-2)14-11-24(21,22)12-15(14)20/h8-9,14-15H,3-7,10-12H2,1-2H3. The van der Waals surface area contributed by atoms with Crippen molar-refractivity contribution in [2.75, 3.05) is 36.9 Å². The molecule has 0 saturated carbocycles. The fraction of sp³-hybridized carbons (Fsp3) is 0.750. The lowest BCUT2D eigenvalue weighted by molar-refractivity contribution is 0.0437. The van der Waals surface area contributed by atoms with E-state index in [9.17, 15) is 8.42 Å². The van der Waals surface area contributed by atoms with E-state index in [1.807, 2.05) is 12.4 Å². The molecule has 8 heteroatoms. The van der Waals surface area contributed by atoms with Crippen molar-refractivity contribution in [1.29, 1.82) is 0 Å². The molecule has 0 N–H and O–H groups in total. The summed E-state index contributed by atoms with van der Waals surface area (Å²) >= 11 is 1.67. The number of rotatable bonds is 6. The molecule has 2 atom stereocenters. The Morgan fingerprint density at radius 1 is 1.12 bits per heavy atom. The smallest absolute Gasteiger partial charge is 0.187 e. The Labute approximate surface area is 149 Å². The third kappa shape index (κ3) is 4.09. The molecule has 0 amide bonds. The number of fused-ring (bicyclic) bond motifs is 1. The van der Waals surface area contributed by atoms with Gasteiger partial charge in [-0.25, -0.2) is 18.4 Å². The maximum absolute atomic E-state index is 12.1. The summed E-state index contributed by atoms with van der Waals surface area (Å²) in [6.07, 6.45) is 4.88. The number of hydrogen-bond acceptors (Lipinski definition) is 7. The van der Waals surface area contributed by atoms with E-state index < -0.39 is 9.84 Å². The van der Waals surface area contributed by atoms with Gasteiger partial charge in [-0.3, -0.25) is 9.80 Å². The Morgan fingerprint density at radius 3 is 2.38 bits per heavy atom. The summed E-state index contributed by atoms with van der Waals surface area (Å²) in [5.41, 5.74) is 1.06. The number of piperazine rings is 1. The van der Waals surface area contributed by atoms with Gasteiger partial charge in [0, 0.05) is 55.4 Å². The highest BCUT2D eigenvalue weighted by Crippen LogP contribution is 2.28. The van der Waals surface area contributed by atoms with Crippen LogP contribution in [0.15, 0.2) is 17.6 Å². The molecular formula is C16H26N4O2S2. The van der Waals surface area contributed by atoms with Crippen LogP contribution >= 0.6 is 11.8 Å². The van der Waals surface area contributed by atoms with Crippen LogP contribution < -0.4 is 0 Å². The summed E-state index contributed by atoms with van der Waals surface area (Å²) in [6, 6.07) is 0.229. The number of nitrogens with zero attached hydrogens (tertiary/aromatic N) is 4. The predicted molar refractivity (Wildman–Crippen MR) is 96.9 cm³/mol. The summed E-state index contributed by atoms with van der Waals surface area (Å²) < 4.78 is 24.2. The molecule has 6 nitrogen and oxygen atoms in total. The lowest BCUT2D eigenvalue weighted by Gasteiger charge is -2.43. The number of aromatic nitrogens is 2. The SMILES string of the molecule is CCCSc1ncc(CN2CCN(CC)C3CS(=O)(=O)CC32)cn1. The van der Waals surface area contributed by atoms with Gasteiger partial charge in [0.15, 0.2) is 15.0 Å². The summed E-state index contributed by atoms with van der Waals surface area (Å²) in [4.78, 5) is 13.5. The van der Waals surface area contributed by atoms with E-state index in [2.05, 4.69) is 33.6 Å². The van der Waals surface area contributed by atoms with Crippen molar-refractivity contribution >= 4 is 21.6 Å². The first-order valence-corrected chi connectivity index (χ1v) is 11.5. The minimum Gasteiger partial charge on any atom is -0.297 e. The second kappa shape index (κ2) is 7.68. The van der Waals surface area contributed by atoms with E-state index in [4.69, 9.17) is 0 Å². The van der Waals surface area contributed by atoms with E-state index in [1.165, 1.54) is 0 Å². The molecule has 134 valence electrons. The van der Waals surface area contributed by atoms with Gasteiger partial charge in [-0.2, -0.15) is 0 Å². The first kappa shape index (κ1) is 18.1. The van der Waals surface area contributed by atoms with E-state index in [0.29, 0.717) is 5.75 Å². The number of hydrogen-bond donors (Lipinski definition) is 0. The molecule has 24 heavy (non-hydrogen) atoms. The summed E-state index contributed by atoms with van der Waals surface area (Å²) in [5.74, 6) is 1.60. The van der Waals surface area contributed by atoms with Gasteiger partial charge in [0.25, 0.3) is 0 Å². The molecule has 2 saturated heterocycles. The van der Waals surface area contributed by atoms with Crippen molar-refractivity contribution in [1.82, 2.24) is 19.8 Å². The Balaban J connectivity index is 1.68. The van der Waals surface area contributed by atoms with E-state index in [0.717, 1.165) is 49.1 Å². The largest absolute Gasteiger partial charge is 0.297 e. The van der Waals surface area contributed by atoms with Gasteiger partial charge >= 0.3 is 0 Å². The minimum absolute atomic E-state index is 0.0952. The Bertz CT molecular complexity index is 651. The molecule has 1 aromatic rings. The van der Waals surface area contributed by atoms with Gasteiger partial charge in [-0.15, -0.1) is 0 Å². The molecule has 2 unspecified atom stereocenters. The molecule has 0 radical (unpaired) electrons. The van der Waals surface area contributed by atoms with Crippen LogP contribution in [0.5, 0.6) is 0 Å². The maximum atomic E-state index is 12.1. The van der Waals surface area contributed by atoms with Crippen LogP contribution in [0.25, 0.3) is 0 Å². The summed E-state index contributed by atoms with van der Waals surface area (Å²) in [6.45, 7) is 7.72. The normalized spacial score (nSPS) is 27.2. The monoisotopic (exact) mass is 370 g/mol. The predicted octanol–water partition coefficient (Wildman–Crippen LogP) is 1.28. The van der Waals surface area contributed by atoms with Gasteiger partial charge < -0.3 is 0 Å². The van der Waals surface area contributed by atoms with Crippen molar-refractivity contribution in [3.63, 3.8) is 0 Å². The fourth-order valence-corrected chi connectivity index (χ4v) is 6.30. The molecule has 0 aromatic carbocycles. The van der Waals surface area contributed by atoms with Crippen molar-refractivity contribution in [3.8, 4) is 0 Å². The van der Waals surface area contributed by atoms with Gasteiger partial charge in [0.2, 0.25) is 0 Å². The number of likely N-dealkylation sites (N-methyl/N-ethyl adjacent to an activating group) is 1. The number of thioether (sulfide) groups is 1. The van der Waals surface area contributed by atoms with E-state index in [1.54, 1.807) is 11.8 Å². The molecule has 0 bridgehead atoms. The fourth-order valence-electron chi connectivity index (χ4n) is 3.61. The molecule has 3 heterocycles. The molecule has 2 aliphatic rings. The minimum atomic E-state index is -2.93. The van der Waals surface area contributed by atoms with Gasteiger partial charge in [0.05, 0.1) is 11.5 Å². The molecule has 0 spiro atoms. The highest BCUT2D eigenvalue weighted by atomic mass is 32.2. The van der Waals surface area contributed by atoms with Crippen LogP contribution in [-0.2, 0) is 16.4 Å². The van der Waals surface area contributed by atoms with Crippen LogP contribution in [-0.4, -0.2) is 77.2 Å². The topological polar surface area (TPSA) is 66.4 Å². The number of sulfone groups is 1. The first-order chi connectivity index (χ1) is 11.5. The lowest BCUT2D eigenvalue weighted by atomic mass is 10.0. The maximum Gasteiger partial charge on any atom is 0.187 e. The third-order valence-electron chi connectivity index (χ3n) is 4.81. The van der Waals surface area contributed by atoms with Crippen molar-refractivity contribution in [3.05, 3.63) is 18.0 Å². The molecule has 2 aliphatic heterocycles. The lowest BCUT2D eigenvalue weighted by Crippen LogP contribution is -2.58. The average Bonchev–Trinajstić information content (AvgIpc) is 2.90. The van der Waals surface area contributed by atoms with E-state index >= 15 is 0 Å². The molecule has 1 aromatic heterocycles. The summed E-state index contributed by atoms with van der Waals surface area (Å²) in [5, 5.41) is 0.817. The highest BCUT2D eigenvalue weighted by Gasteiger charge is 2.45. The van der Waals surface area contributed by atoms with Crippen molar-refractivity contribution < 1.29 is 8.42 Å². The third-order valence-corrected chi connectivity index (χ3v) is 7.59. The van der Waals surface area contributed by atoms with Crippen LogP contribution in [0, 0.1) is 0 Å². The first-order valence-electron chi connectivity index (χ1n) is 8.64. The zero-order valence-electron chi connectivity index (χ0n) is 14.4. The summed E-state index contributed by atoms with van der Waals surface area (Å²) in [7, 11) is -2.93.